The molecule has 0 bridgehead atoms. The van der Waals surface area contributed by atoms with Gasteiger partial charge in [0, 0.05) is 23.9 Å². The number of hydrogen-bond donors (Lipinski definition) is 0. The molecule has 0 atom stereocenters. The van der Waals surface area contributed by atoms with Crippen molar-refractivity contribution >= 4 is 79.8 Å². The fourth-order valence-corrected chi connectivity index (χ4v) is 6.52. The average molecular weight is 660 g/mol. The van der Waals surface area contributed by atoms with Gasteiger partial charge in [0.05, 0.1) is 35.2 Å². The summed E-state index contributed by atoms with van der Waals surface area (Å²) in [4.78, 5) is 0. The van der Waals surface area contributed by atoms with E-state index >= 15 is 0 Å². The third-order valence-corrected chi connectivity index (χ3v) is 11.4. The van der Waals surface area contributed by atoms with Crippen LogP contribution in [0.2, 0.25) is 52.4 Å². The van der Waals surface area contributed by atoms with Crippen LogP contribution in [0.15, 0.2) is 121 Å². The summed E-state index contributed by atoms with van der Waals surface area (Å²) < 4.78 is 0. The zero-order chi connectivity index (χ0) is 26.8. The molecule has 0 fully saturated rings. The maximum absolute atomic E-state index is 2.31. The van der Waals surface area contributed by atoms with Gasteiger partial charge in [-0.15, -0.1) is 0 Å². The monoisotopic (exact) mass is 660 g/mol. The summed E-state index contributed by atoms with van der Waals surface area (Å²) in [7, 11) is -0.849. The molecular formula is C32H44Si4Sn. The van der Waals surface area contributed by atoms with Crippen LogP contribution in [0.1, 0.15) is 0 Å². The van der Waals surface area contributed by atoms with E-state index in [-0.39, 0.29) is 59.1 Å². The summed E-state index contributed by atoms with van der Waals surface area (Å²) in [5.74, 6) is 0. The van der Waals surface area contributed by atoms with E-state index < -0.39 is 0 Å². The van der Waals surface area contributed by atoms with Crippen LogP contribution in [0.3, 0.4) is 0 Å². The maximum Gasteiger partial charge on any atom is 0.0791 e. The second-order valence-corrected chi connectivity index (χ2v) is 19.8. The van der Waals surface area contributed by atoms with Gasteiger partial charge in [0.2, 0.25) is 0 Å². The summed E-state index contributed by atoms with van der Waals surface area (Å²) in [5.41, 5.74) is 0. The van der Waals surface area contributed by atoms with E-state index in [1.165, 1.54) is 20.7 Å². The third kappa shape index (κ3) is 16.9. The van der Waals surface area contributed by atoms with E-state index in [0.29, 0.717) is 0 Å². The third-order valence-electron chi connectivity index (χ3n) is 5.40. The predicted molar refractivity (Wildman–Crippen MR) is 180 cm³/mol. The zero-order valence-electron chi connectivity index (χ0n) is 24.0. The first-order valence-electron chi connectivity index (χ1n) is 12.6. The van der Waals surface area contributed by atoms with Crippen LogP contribution in [0.4, 0.5) is 0 Å². The van der Waals surface area contributed by atoms with E-state index in [1.54, 1.807) is 0 Å². The van der Waals surface area contributed by atoms with Crippen molar-refractivity contribution in [3.8, 4) is 0 Å². The van der Waals surface area contributed by atoms with Crippen LogP contribution in [0.25, 0.3) is 0 Å². The summed E-state index contributed by atoms with van der Waals surface area (Å²) in [6, 6.07) is 42.7. The Bertz CT molecular complexity index is 849. The summed E-state index contributed by atoms with van der Waals surface area (Å²) >= 11 is 0. The molecule has 8 radical (unpaired) electrons. The Labute approximate surface area is 252 Å². The molecule has 4 aromatic rings. The molecule has 0 saturated heterocycles. The fourth-order valence-electron chi connectivity index (χ4n) is 3.09. The van der Waals surface area contributed by atoms with E-state index in [9.17, 15) is 0 Å². The van der Waals surface area contributed by atoms with Gasteiger partial charge in [-0.3, -0.25) is 0 Å². The molecule has 0 N–H and O–H groups in total. The SMILES string of the molecule is C[Si](C)c1ccccc1.C[Si](C)c1ccccc1.C[Si](C)c1ccccc1.C[Si](C)c1ccccc1.[Sn]. The van der Waals surface area contributed by atoms with Gasteiger partial charge >= 0.3 is 0 Å². The molecule has 0 amide bonds. The minimum atomic E-state index is -0.212. The molecule has 192 valence electrons. The Hall–Kier alpha value is -1.45. The van der Waals surface area contributed by atoms with Crippen LogP contribution in [0, 0.1) is 0 Å². The van der Waals surface area contributed by atoms with Gasteiger partial charge in [-0.2, -0.15) is 0 Å². The van der Waals surface area contributed by atoms with Crippen molar-refractivity contribution in [1.29, 1.82) is 0 Å². The first-order chi connectivity index (χ1) is 17.2. The Morgan fingerprint density at radius 3 is 0.486 bits per heavy atom. The maximum atomic E-state index is 2.31. The van der Waals surface area contributed by atoms with Gasteiger partial charge in [-0.25, -0.2) is 0 Å². The molecule has 0 aliphatic heterocycles. The van der Waals surface area contributed by atoms with Crippen LogP contribution < -0.4 is 20.7 Å². The largest absolute Gasteiger partial charge is 0.0791 e. The molecule has 5 heteroatoms. The van der Waals surface area contributed by atoms with Gasteiger partial charge in [-0.1, -0.05) is 194 Å². The normalized spacial score (nSPS) is 9.84. The standard InChI is InChI=1S/4C8H11Si.Sn/c4*1-9(2)8-6-4-3-5-7-8;/h4*3-7H,1-2H3;. The van der Waals surface area contributed by atoms with Crippen molar-refractivity contribution in [3.63, 3.8) is 0 Å². The van der Waals surface area contributed by atoms with Gasteiger partial charge < -0.3 is 0 Å². The molecule has 0 aliphatic rings. The van der Waals surface area contributed by atoms with Crippen molar-refractivity contribution < 1.29 is 0 Å². The first kappa shape index (κ1) is 35.5. The van der Waals surface area contributed by atoms with E-state index in [0.717, 1.165) is 0 Å². The number of hydrogen-bond acceptors (Lipinski definition) is 0. The second kappa shape index (κ2) is 21.5. The van der Waals surface area contributed by atoms with Crippen LogP contribution in [-0.2, 0) is 0 Å². The average Bonchev–Trinajstić information content (AvgIpc) is 2.92. The van der Waals surface area contributed by atoms with Crippen molar-refractivity contribution in [1.82, 2.24) is 0 Å². The molecular weight excluding hydrogens is 615 g/mol. The summed E-state index contributed by atoms with van der Waals surface area (Å²) in [6.45, 7) is 18.4. The molecule has 0 heterocycles. The topological polar surface area (TPSA) is 0 Å². The molecule has 0 aliphatic carbocycles. The van der Waals surface area contributed by atoms with E-state index in [2.05, 4.69) is 174 Å². The molecule has 0 saturated carbocycles. The fraction of sp³-hybridized carbons (Fsp3) is 0.250. The molecule has 0 nitrogen and oxygen atoms in total. The molecule has 0 spiro atoms. The van der Waals surface area contributed by atoms with Crippen molar-refractivity contribution in [2.45, 2.75) is 52.4 Å². The summed E-state index contributed by atoms with van der Waals surface area (Å²) in [6.07, 6.45) is 0. The minimum absolute atomic E-state index is 0. The van der Waals surface area contributed by atoms with Crippen LogP contribution in [-0.4, -0.2) is 59.1 Å². The molecule has 37 heavy (non-hydrogen) atoms. The van der Waals surface area contributed by atoms with E-state index in [4.69, 9.17) is 0 Å². The van der Waals surface area contributed by atoms with Crippen molar-refractivity contribution in [2.75, 3.05) is 0 Å². The smallest absolute Gasteiger partial charge is 0.0671 e. The second-order valence-electron chi connectivity index (χ2n) is 9.46. The van der Waals surface area contributed by atoms with Crippen LogP contribution >= 0.6 is 0 Å². The molecule has 0 aromatic heterocycles. The molecule has 4 aromatic carbocycles. The Balaban J connectivity index is 0.000000463. The quantitative estimate of drug-likeness (QED) is 0.229. The molecule has 4 rings (SSSR count). The van der Waals surface area contributed by atoms with Gasteiger partial charge in [0.15, 0.2) is 0 Å². The zero-order valence-corrected chi connectivity index (χ0v) is 30.9. The van der Waals surface area contributed by atoms with Crippen molar-refractivity contribution in [3.05, 3.63) is 121 Å². The minimum Gasteiger partial charge on any atom is -0.0671 e. The van der Waals surface area contributed by atoms with Crippen molar-refractivity contribution in [2.24, 2.45) is 0 Å². The Kier molecular flexibility index (Phi) is 20.6. The van der Waals surface area contributed by atoms with E-state index in [1.807, 2.05) is 0 Å². The first-order valence-corrected chi connectivity index (χ1v) is 22.6. The molecule has 0 unspecified atom stereocenters. The van der Waals surface area contributed by atoms with Gasteiger partial charge in [0.25, 0.3) is 0 Å². The predicted octanol–water partition coefficient (Wildman–Crippen LogP) is 6.21. The summed E-state index contributed by atoms with van der Waals surface area (Å²) in [5, 5.41) is 6.06. The van der Waals surface area contributed by atoms with Crippen LogP contribution in [0.5, 0.6) is 0 Å². The Morgan fingerprint density at radius 1 is 0.270 bits per heavy atom. The Morgan fingerprint density at radius 2 is 0.405 bits per heavy atom. The van der Waals surface area contributed by atoms with Gasteiger partial charge in [0.1, 0.15) is 0 Å². The number of rotatable bonds is 4. The van der Waals surface area contributed by atoms with Gasteiger partial charge in [-0.05, 0) is 0 Å². The number of benzene rings is 4.